The smallest absolute Gasteiger partial charge is 0.0619 e. The topological polar surface area (TPSA) is 8.17 Å². The zero-order valence-corrected chi connectivity index (χ0v) is 34.1. The van der Waals surface area contributed by atoms with E-state index < -0.39 is 0 Å². The molecule has 0 saturated carbocycles. The number of fused-ring (bicyclic) bond motifs is 8. The van der Waals surface area contributed by atoms with Crippen molar-refractivity contribution in [3.8, 4) is 39.1 Å². The molecule has 12 aromatic rings. The highest BCUT2D eigenvalue weighted by Crippen LogP contribution is 2.43. The minimum absolute atomic E-state index is 1.10. The number of thiophene rings is 1. The summed E-state index contributed by atoms with van der Waals surface area (Å²) in [6.07, 6.45) is 0. The molecule has 0 saturated heterocycles. The Labute approximate surface area is 358 Å². The van der Waals surface area contributed by atoms with Crippen LogP contribution in [0.4, 0.5) is 17.1 Å². The Morgan fingerprint density at radius 1 is 0.328 bits per heavy atom. The zero-order chi connectivity index (χ0) is 40.3. The predicted octanol–water partition coefficient (Wildman–Crippen LogP) is 16.8. The van der Waals surface area contributed by atoms with Crippen LogP contribution in [-0.4, -0.2) is 4.57 Å². The molecule has 3 heteroatoms. The molecule has 12 rings (SSSR count). The number of rotatable bonds is 7. The number of para-hydroxylation sites is 1. The van der Waals surface area contributed by atoms with Gasteiger partial charge in [0, 0.05) is 59.1 Å². The van der Waals surface area contributed by atoms with Crippen LogP contribution < -0.4 is 4.90 Å². The first-order valence-corrected chi connectivity index (χ1v) is 21.6. The molecule has 0 radical (unpaired) electrons. The lowest BCUT2D eigenvalue weighted by molar-refractivity contribution is 1.19. The minimum Gasteiger partial charge on any atom is -0.310 e. The molecule has 2 aromatic heterocycles. The highest BCUT2D eigenvalue weighted by molar-refractivity contribution is 7.25. The lowest BCUT2D eigenvalue weighted by Gasteiger charge is -2.26. The summed E-state index contributed by atoms with van der Waals surface area (Å²) in [4.78, 5) is 2.39. The Bertz CT molecular complexity index is 3560. The van der Waals surface area contributed by atoms with Crippen molar-refractivity contribution >= 4 is 81.1 Å². The van der Waals surface area contributed by atoms with Gasteiger partial charge in [-0.05, 0) is 99.4 Å². The third-order valence-corrected chi connectivity index (χ3v) is 13.3. The van der Waals surface area contributed by atoms with E-state index in [0.717, 1.165) is 22.7 Å². The van der Waals surface area contributed by atoms with Crippen LogP contribution in [0.1, 0.15) is 0 Å². The largest absolute Gasteiger partial charge is 0.310 e. The number of hydrogen-bond donors (Lipinski definition) is 0. The van der Waals surface area contributed by atoms with Gasteiger partial charge in [-0.2, -0.15) is 0 Å². The lowest BCUT2D eigenvalue weighted by Crippen LogP contribution is -2.09. The standard InChI is InChI=1S/C58H38N2S/c1-3-13-40(14-4-1)48-18-9-10-19-49(48)42-25-31-46(32-26-42)59(47-33-36-53-52-21-11-12-22-56(52)61-57(53)38-47)45-29-23-39(24-30-45)43-28-34-51-54-35-27-41-15-7-8-20-50(41)58(54)60(55(51)37-43)44-16-5-2-6-17-44/h1-38H. The minimum atomic E-state index is 1.10. The second-order valence-electron chi connectivity index (χ2n) is 15.7. The van der Waals surface area contributed by atoms with E-state index in [1.165, 1.54) is 86.1 Å². The van der Waals surface area contributed by atoms with E-state index in [1.54, 1.807) is 0 Å². The molecule has 0 unspecified atom stereocenters. The van der Waals surface area contributed by atoms with Crippen molar-refractivity contribution in [3.63, 3.8) is 0 Å². The average Bonchev–Trinajstić information content (AvgIpc) is 3.88. The maximum atomic E-state index is 2.44. The molecule has 0 amide bonds. The number of hydrogen-bond acceptors (Lipinski definition) is 2. The van der Waals surface area contributed by atoms with Gasteiger partial charge >= 0.3 is 0 Å². The van der Waals surface area contributed by atoms with Gasteiger partial charge in [-0.3, -0.25) is 0 Å². The fourth-order valence-corrected chi connectivity index (χ4v) is 10.4. The number of anilines is 3. The van der Waals surface area contributed by atoms with Crippen molar-refractivity contribution < 1.29 is 0 Å². The first kappa shape index (κ1) is 35.2. The highest BCUT2D eigenvalue weighted by atomic mass is 32.1. The van der Waals surface area contributed by atoms with Gasteiger partial charge in [0.15, 0.2) is 0 Å². The van der Waals surface area contributed by atoms with Gasteiger partial charge in [0.05, 0.1) is 11.0 Å². The van der Waals surface area contributed by atoms with Crippen molar-refractivity contribution in [2.45, 2.75) is 0 Å². The second kappa shape index (κ2) is 14.5. The fourth-order valence-electron chi connectivity index (χ4n) is 9.30. The summed E-state index contributed by atoms with van der Waals surface area (Å²) in [6.45, 7) is 0. The number of benzene rings is 10. The molecular formula is C58H38N2S. The van der Waals surface area contributed by atoms with E-state index in [9.17, 15) is 0 Å². The van der Waals surface area contributed by atoms with E-state index in [0.29, 0.717) is 0 Å². The molecule has 0 aliphatic carbocycles. The number of nitrogens with zero attached hydrogens (tertiary/aromatic N) is 2. The molecule has 0 spiro atoms. The Kier molecular flexibility index (Phi) is 8.39. The van der Waals surface area contributed by atoms with Crippen LogP contribution in [0.3, 0.4) is 0 Å². The maximum absolute atomic E-state index is 2.44. The molecule has 0 fully saturated rings. The SMILES string of the molecule is c1ccc(-c2ccccc2-c2ccc(N(c3ccc(-c4ccc5c6ccc7ccccc7c6n(-c6ccccc6)c5c4)cc3)c3ccc4c(c3)sc3ccccc34)cc2)cc1. The molecule has 286 valence electrons. The predicted molar refractivity (Wildman–Crippen MR) is 262 cm³/mol. The Hall–Kier alpha value is -7.72. The van der Waals surface area contributed by atoms with Crippen LogP contribution in [-0.2, 0) is 0 Å². The van der Waals surface area contributed by atoms with Gasteiger partial charge in [-0.15, -0.1) is 11.3 Å². The quantitative estimate of drug-likeness (QED) is 0.156. The molecule has 0 bridgehead atoms. The van der Waals surface area contributed by atoms with Gasteiger partial charge in [-0.1, -0.05) is 170 Å². The molecule has 10 aromatic carbocycles. The summed E-state index contributed by atoms with van der Waals surface area (Å²) in [5.41, 5.74) is 14.2. The molecule has 61 heavy (non-hydrogen) atoms. The summed E-state index contributed by atoms with van der Waals surface area (Å²) in [6, 6.07) is 84.1. The van der Waals surface area contributed by atoms with E-state index in [1.807, 2.05) is 11.3 Å². The van der Waals surface area contributed by atoms with E-state index in [-0.39, 0.29) is 0 Å². The van der Waals surface area contributed by atoms with Gasteiger partial charge in [0.25, 0.3) is 0 Å². The summed E-state index contributed by atoms with van der Waals surface area (Å²) in [7, 11) is 0. The normalized spacial score (nSPS) is 11.6. The van der Waals surface area contributed by atoms with Crippen LogP contribution >= 0.6 is 11.3 Å². The Morgan fingerprint density at radius 2 is 0.869 bits per heavy atom. The molecule has 2 nitrogen and oxygen atoms in total. The van der Waals surface area contributed by atoms with E-state index >= 15 is 0 Å². The average molecular weight is 795 g/mol. The summed E-state index contributed by atoms with van der Waals surface area (Å²) in [5.74, 6) is 0. The maximum Gasteiger partial charge on any atom is 0.0619 e. The van der Waals surface area contributed by atoms with Crippen molar-refractivity contribution in [2.24, 2.45) is 0 Å². The van der Waals surface area contributed by atoms with Gasteiger partial charge in [0.1, 0.15) is 0 Å². The fraction of sp³-hybridized carbons (Fsp3) is 0. The monoisotopic (exact) mass is 794 g/mol. The zero-order valence-electron chi connectivity index (χ0n) is 33.2. The second-order valence-corrected chi connectivity index (χ2v) is 16.8. The van der Waals surface area contributed by atoms with Crippen LogP contribution in [0.5, 0.6) is 0 Å². The van der Waals surface area contributed by atoms with Gasteiger partial charge in [0.2, 0.25) is 0 Å². The molecular weight excluding hydrogens is 757 g/mol. The molecule has 0 N–H and O–H groups in total. The molecule has 0 atom stereocenters. The Morgan fingerprint density at radius 3 is 1.62 bits per heavy atom. The first-order valence-electron chi connectivity index (χ1n) is 20.8. The van der Waals surface area contributed by atoms with Crippen LogP contribution in [0.15, 0.2) is 231 Å². The summed E-state index contributed by atoms with van der Waals surface area (Å²) >= 11 is 1.86. The highest BCUT2D eigenvalue weighted by Gasteiger charge is 2.18. The van der Waals surface area contributed by atoms with E-state index in [4.69, 9.17) is 0 Å². The molecule has 0 aliphatic rings. The van der Waals surface area contributed by atoms with Crippen LogP contribution in [0, 0.1) is 0 Å². The van der Waals surface area contributed by atoms with Crippen molar-refractivity contribution in [2.75, 3.05) is 4.90 Å². The summed E-state index contributed by atoms with van der Waals surface area (Å²) < 4.78 is 5.03. The first-order chi connectivity index (χ1) is 30.2. The van der Waals surface area contributed by atoms with Crippen LogP contribution in [0.25, 0.3) is 91.8 Å². The van der Waals surface area contributed by atoms with Crippen molar-refractivity contribution in [1.29, 1.82) is 0 Å². The van der Waals surface area contributed by atoms with Crippen molar-refractivity contribution in [3.05, 3.63) is 231 Å². The number of aromatic nitrogens is 1. The third kappa shape index (κ3) is 6.01. The third-order valence-electron chi connectivity index (χ3n) is 12.2. The Balaban J connectivity index is 0.974. The summed E-state index contributed by atoms with van der Waals surface area (Å²) in [5, 5.41) is 7.62. The van der Waals surface area contributed by atoms with Crippen LogP contribution in [0.2, 0.25) is 0 Å². The van der Waals surface area contributed by atoms with Crippen molar-refractivity contribution in [1.82, 2.24) is 4.57 Å². The molecule has 2 heterocycles. The van der Waals surface area contributed by atoms with Gasteiger partial charge < -0.3 is 9.47 Å². The van der Waals surface area contributed by atoms with E-state index in [2.05, 4.69) is 240 Å². The lowest BCUT2D eigenvalue weighted by atomic mass is 9.94. The molecule has 0 aliphatic heterocycles. The van der Waals surface area contributed by atoms with Gasteiger partial charge in [-0.25, -0.2) is 0 Å².